The van der Waals surface area contributed by atoms with Gasteiger partial charge < -0.3 is 20.1 Å². The van der Waals surface area contributed by atoms with Gasteiger partial charge in [0.2, 0.25) is 5.95 Å². The van der Waals surface area contributed by atoms with Crippen LogP contribution in [-0.2, 0) is 0 Å². The van der Waals surface area contributed by atoms with Crippen molar-refractivity contribution < 1.29 is 9.47 Å². The molecular formula is C19H19N5O2. The van der Waals surface area contributed by atoms with E-state index in [1.54, 1.807) is 6.20 Å². The molecule has 4 rings (SSSR count). The zero-order valence-corrected chi connectivity index (χ0v) is 14.6. The first-order valence-electron chi connectivity index (χ1n) is 8.37. The van der Waals surface area contributed by atoms with Gasteiger partial charge in [-0.05, 0) is 49.2 Å². The Morgan fingerprint density at radius 2 is 1.62 bits per heavy atom. The van der Waals surface area contributed by atoms with Crippen molar-refractivity contribution in [2.45, 2.75) is 13.8 Å². The second-order valence-corrected chi connectivity index (χ2v) is 6.15. The van der Waals surface area contributed by atoms with Gasteiger partial charge in [-0.1, -0.05) is 6.07 Å². The predicted octanol–water partition coefficient (Wildman–Crippen LogP) is 3.75. The number of benzene rings is 2. The van der Waals surface area contributed by atoms with Gasteiger partial charge in [0.25, 0.3) is 0 Å². The predicted molar refractivity (Wildman–Crippen MR) is 99.7 cm³/mol. The van der Waals surface area contributed by atoms with E-state index in [4.69, 9.17) is 9.47 Å². The van der Waals surface area contributed by atoms with Crippen LogP contribution in [0.4, 0.5) is 23.1 Å². The quantitative estimate of drug-likeness (QED) is 0.742. The van der Waals surface area contributed by atoms with Crippen molar-refractivity contribution >= 4 is 23.1 Å². The molecule has 0 atom stereocenters. The van der Waals surface area contributed by atoms with E-state index in [0.717, 1.165) is 17.1 Å². The Labute approximate surface area is 151 Å². The molecule has 0 aliphatic carbocycles. The van der Waals surface area contributed by atoms with Crippen LogP contribution >= 0.6 is 0 Å². The molecule has 7 heteroatoms. The molecule has 0 saturated carbocycles. The van der Waals surface area contributed by atoms with Gasteiger partial charge in [-0.25, -0.2) is 0 Å². The van der Waals surface area contributed by atoms with E-state index in [-0.39, 0.29) is 0 Å². The summed E-state index contributed by atoms with van der Waals surface area (Å²) < 4.78 is 11.1. The first-order valence-corrected chi connectivity index (χ1v) is 8.37. The first kappa shape index (κ1) is 16.1. The Balaban J connectivity index is 1.52. The van der Waals surface area contributed by atoms with Gasteiger partial charge in [0.1, 0.15) is 13.2 Å². The topological polar surface area (TPSA) is 81.2 Å². The molecule has 26 heavy (non-hydrogen) atoms. The summed E-state index contributed by atoms with van der Waals surface area (Å²) in [5.74, 6) is 2.46. The SMILES string of the molecule is Cc1cc(C)cc(Nc2cnnc(Nc3ccc4c(c3)OCCO4)n2)c1. The molecule has 0 radical (unpaired) electrons. The van der Waals surface area contributed by atoms with Crippen LogP contribution in [0.1, 0.15) is 11.1 Å². The van der Waals surface area contributed by atoms with Crippen LogP contribution in [0.25, 0.3) is 0 Å². The molecule has 0 unspecified atom stereocenters. The minimum Gasteiger partial charge on any atom is -0.486 e. The van der Waals surface area contributed by atoms with Crippen molar-refractivity contribution in [2.75, 3.05) is 23.8 Å². The summed E-state index contributed by atoms with van der Waals surface area (Å²) in [6.07, 6.45) is 1.59. The van der Waals surface area contributed by atoms with Crippen molar-refractivity contribution in [1.82, 2.24) is 15.2 Å². The Morgan fingerprint density at radius 1 is 0.846 bits per heavy atom. The minimum atomic E-state index is 0.399. The molecule has 1 aliphatic rings. The van der Waals surface area contributed by atoms with Crippen molar-refractivity contribution in [3.63, 3.8) is 0 Å². The molecule has 3 aromatic rings. The third-order valence-corrected chi connectivity index (χ3v) is 3.85. The van der Waals surface area contributed by atoms with E-state index in [9.17, 15) is 0 Å². The number of aryl methyl sites for hydroxylation is 2. The summed E-state index contributed by atoms with van der Waals surface area (Å²) >= 11 is 0. The van der Waals surface area contributed by atoms with Crippen LogP contribution in [0.2, 0.25) is 0 Å². The summed E-state index contributed by atoms with van der Waals surface area (Å²) in [4.78, 5) is 4.47. The van der Waals surface area contributed by atoms with E-state index in [2.05, 4.69) is 57.9 Å². The third kappa shape index (κ3) is 3.66. The summed E-state index contributed by atoms with van der Waals surface area (Å²) in [6, 6.07) is 11.9. The number of hydrogen-bond donors (Lipinski definition) is 2. The molecular weight excluding hydrogens is 330 g/mol. The van der Waals surface area contributed by atoms with Crippen LogP contribution in [-0.4, -0.2) is 28.4 Å². The first-order chi connectivity index (χ1) is 12.7. The molecule has 7 nitrogen and oxygen atoms in total. The summed E-state index contributed by atoms with van der Waals surface area (Å²) in [7, 11) is 0. The van der Waals surface area contributed by atoms with Crippen LogP contribution in [0.15, 0.2) is 42.6 Å². The fourth-order valence-corrected chi connectivity index (χ4v) is 2.86. The van der Waals surface area contributed by atoms with Crippen molar-refractivity contribution in [2.24, 2.45) is 0 Å². The Morgan fingerprint density at radius 3 is 2.42 bits per heavy atom. The monoisotopic (exact) mass is 349 g/mol. The highest BCUT2D eigenvalue weighted by atomic mass is 16.6. The lowest BCUT2D eigenvalue weighted by Gasteiger charge is -2.19. The van der Waals surface area contributed by atoms with Crippen LogP contribution < -0.4 is 20.1 Å². The molecule has 1 aliphatic heterocycles. The molecule has 2 N–H and O–H groups in total. The number of rotatable bonds is 4. The van der Waals surface area contributed by atoms with Gasteiger partial charge in [0.05, 0.1) is 6.20 Å². The van der Waals surface area contributed by atoms with Gasteiger partial charge in [0.15, 0.2) is 17.3 Å². The van der Waals surface area contributed by atoms with Gasteiger partial charge in [-0.2, -0.15) is 10.1 Å². The number of ether oxygens (including phenoxy) is 2. The Hall–Kier alpha value is -3.35. The molecule has 0 saturated heterocycles. The smallest absolute Gasteiger partial charge is 0.249 e. The van der Waals surface area contributed by atoms with E-state index >= 15 is 0 Å². The fourth-order valence-electron chi connectivity index (χ4n) is 2.86. The molecule has 0 amide bonds. The highest BCUT2D eigenvalue weighted by Gasteiger charge is 2.12. The number of nitrogens with zero attached hydrogens (tertiary/aromatic N) is 3. The average Bonchev–Trinajstić information content (AvgIpc) is 2.61. The Bertz CT molecular complexity index is 925. The number of fused-ring (bicyclic) bond motifs is 1. The summed E-state index contributed by atoms with van der Waals surface area (Å²) in [6.45, 7) is 5.24. The minimum absolute atomic E-state index is 0.399. The number of nitrogens with one attached hydrogen (secondary N) is 2. The van der Waals surface area contributed by atoms with Crippen molar-refractivity contribution in [3.05, 3.63) is 53.7 Å². The lowest BCUT2D eigenvalue weighted by molar-refractivity contribution is 0.171. The molecule has 0 spiro atoms. The normalized spacial score (nSPS) is 12.5. The third-order valence-electron chi connectivity index (χ3n) is 3.85. The molecule has 0 bridgehead atoms. The molecule has 1 aromatic heterocycles. The number of hydrogen-bond acceptors (Lipinski definition) is 7. The van der Waals surface area contributed by atoms with E-state index in [1.807, 2.05) is 18.2 Å². The second kappa shape index (κ2) is 6.87. The second-order valence-electron chi connectivity index (χ2n) is 6.15. The fraction of sp³-hybridized carbons (Fsp3) is 0.211. The summed E-state index contributed by atoms with van der Waals surface area (Å²) in [5.41, 5.74) is 4.14. The zero-order valence-electron chi connectivity index (χ0n) is 14.6. The van der Waals surface area contributed by atoms with E-state index in [1.165, 1.54) is 11.1 Å². The average molecular weight is 349 g/mol. The molecule has 132 valence electrons. The van der Waals surface area contributed by atoms with Crippen LogP contribution in [0, 0.1) is 13.8 Å². The molecule has 2 heterocycles. The van der Waals surface area contributed by atoms with Crippen LogP contribution in [0.5, 0.6) is 11.5 Å². The van der Waals surface area contributed by atoms with E-state index in [0.29, 0.717) is 30.7 Å². The number of anilines is 4. The highest BCUT2D eigenvalue weighted by Crippen LogP contribution is 2.33. The molecule has 0 fully saturated rings. The van der Waals surface area contributed by atoms with Gasteiger partial charge >= 0.3 is 0 Å². The lowest BCUT2D eigenvalue weighted by atomic mass is 10.1. The highest BCUT2D eigenvalue weighted by molar-refractivity contribution is 5.62. The molecule has 2 aromatic carbocycles. The maximum atomic E-state index is 5.59. The van der Waals surface area contributed by atoms with Crippen molar-refractivity contribution in [3.8, 4) is 11.5 Å². The van der Waals surface area contributed by atoms with Crippen molar-refractivity contribution in [1.29, 1.82) is 0 Å². The maximum Gasteiger partial charge on any atom is 0.249 e. The van der Waals surface area contributed by atoms with Gasteiger partial charge in [0, 0.05) is 17.4 Å². The lowest BCUT2D eigenvalue weighted by Crippen LogP contribution is -2.15. The van der Waals surface area contributed by atoms with E-state index < -0.39 is 0 Å². The standard InChI is InChI=1S/C19H19N5O2/c1-12-7-13(2)9-15(8-12)21-18-11-20-24-19(23-18)22-14-3-4-16-17(10-14)26-6-5-25-16/h3-4,7-11H,5-6H2,1-2H3,(H2,21,22,23,24). The van der Waals surface area contributed by atoms with Crippen LogP contribution in [0.3, 0.4) is 0 Å². The Kier molecular flexibility index (Phi) is 4.27. The maximum absolute atomic E-state index is 5.59. The van der Waals surface area contributed by atoms with Gasteiger partial charge in [-0.15, -0.1) is 5.10 Å². The summed E-state index contributed by atoms with van der Waals surface area (Å²) in [5, 5.41) is 14.5. The van der Waals surface area contributed by atoms with Gasteiger partial charge in [-0.3, -0.25) is 0 Å². The zero-order chi connectivity index (χ0) is 17.9. The largest absolute Gasteiger partial charge is 0.486 e. The number of aromatic nitrogens is 3.